The number of nitrogens with one attached hydrogen (secondary N) is 2. The molecule has 4 rings (SSSR count). The van der Waals surface area contributed by atoms with Gasteiger partial charge in [0.25, 0.3) is 0 Å². The molecule has 2 heterocycles. The molecular weight excluding hydrogens is 373 g/mol. The van der Waals surface area contributed by atoms with Gasteiger partial charge in [0.2, 0.25) is 5.91 Å². The van der Waals surface area contributed by atoms with Gasteiger partial charge in [-0.1, -0.05) is 12.1 Å². The normalized spacial score (nSPS) is 21.4. The van der Waals surface area contributed by atoms with Crippen LogP contribution in [0, 0.1) is 19.7 Å². The van der Waals surface area contributed by atoms with Gasteiger partial charge in [0.15, 0.2) is 11.6 Å². The van der Waals surface area contributed by atoms with Gasteiger partial charge in [-0.3, -0.25) is 14.9 Å². The van der Waals surface area contributed by atoms with Gasteiger partial charge in [-0.15, -0.1) is 0 Å². The van der Waals surface area contributed by atoms with Crippen molar-refractivity contribution in [1.29, 1.82) is 0 Å². The predicted octanol–water partition coefficient (Wildman–Crippen LogP) is 1.98. The molecule has 1 aliphatic heterocycles. The molecule has 7 nitrogen and oxygen atoms in total. The van der Waals surface area contributed by atoms with E-state index in [0.29, 0.717) is 25.6 Å². The number of nitrogens with zero attached hydrogens (tertiary/aromatic N) is 3. The number of ether oxygens (including phenoxy) is 1. The smallest absolute Gasteiger partial charge is 0.241 e. The first-order valence-electron chi connectivity index (χ1n) is 10.1. The molecule has 1 aromatic heterocycles. The lowest BCUT2D eigenvalue weighted by molar-refractivity contribution is -0.134. The van der Waals surface area contributed by atoms with Crippen molar-refractivity contribution in [3.05, 3.63) is 47.0 Å². The van der Waals surface area contributed by atoms with E-state index in [4.69, 9.17) is 4.74 Å². The Morgan fingerprint density at radius 2 is 2.07 bits per heavy atom. The molecule has 1 aromatic carbocycles. The summed E-state index contributed by atoms with van der Waals surface area (Å²) < 4.78 is 21.2. The Kier molecular flexibility index (Phi) is 5.56. The summed E-state index contributed by atoms with van der Waals surface area (Å²) in [6, 6.07) is 6.27. The number of amides is 1. The molecule has 2 unspecified atom stereocenters. The molecule has 0 spiro atoms. The van der Waals surface area contributed by atoms with Crippen LogP contribution < -0.4 is 15.6 Å². The molecule has 1 amide bonds. The molecule has 156 valence electrons. The number of para-hydroxylation sites is 1. The summed E-state index contributed by atoms with van der Waals surface area (Å²) >= 11 is 0. The zero-order valence-corrected chi connectivity index (χ0v) is 17.1. The fraction of sp³-hybridized carbons (Fsp3) is 0.524. The van der Waals surface area contributed by atoms with Crippen LogP contribution >= 0.6 is 0 Å². The zero-order chi connectivity index (χ0) is 20.5. The number of carbonyl (C=O) groups excluding carboxylic acids is 1. The molecule has 2 atom stereocenters. The molecule has 0 bridgehead atoms. The largest absolute Gasteiger partial charge is 0.489 e. The second kappa shape index (κ2) is 8.12. The lowest BCUT2D eigenvalue weighted by Gasteiger charge is -2.25. The van der Waals surface area contributed by atoms with E-state index in [1.54, 1.807) is 18.2 Å². The van der Waals surface area contributed by atoms with Crippen LogP contribution in [-0.4, -0.2) is 45.3 Å². The standard InChI is InChI=1S/C21H28FN5O2/c1-13-17(14(2)26(3)25-13)11-27(16-8-9-16)21(28)19-10-15(23-24-19)12-29-20-7-5-4-6-18(20)22/h4-7,15-16,19,23-24H,8-12H2,1-3H3. The molecule has 0 radical (unpaired) electrons. The van der Waals surface area contributed by atoms with Gasteiger partial charge in [-0.25, -0.2) is 9.82 Å². The van der Waals surface area contributed by atoms with Crippen molar-refractivity contribution in [2.24, 2.45) is 7.05 Å². The lowest BCUT2D eigenvalue weighted by Crippen LogP contribution is -2.46. The Hall–Kier alpha value is -2.45. The molecule has 29 heavy (non-hydrogen) atoms. The minimum absolute atomic E-state index is 0.0635. The van der Waals surface area contributed by atoms with Gasteiger partial charge in [-0.05, 0) is 45.2 Å². The summed E-state index contributed by atoms with van der Waals surface area (Å²) in [7, 11) is 1.93. The van der Waals surface area contributed by atoms with E-state index in [0.717, 1.165) is 29.8 Å². The van der Waals surface area contributed by atoms with Crippen molar-refractivity contribution < 1.29 is 13.9 Å². The van der Waals surface area contributed by atoms with E-state index in [1.807, 2.05) is 30.5 Å². The molecule has 2 N–H and O–H groups in total. The van der Waals surface area contributed by atoms with Crippen molar-refractivity contribution in [2.75, 3.05) is 6.61 Å². The summed E-state index contributed by atoms with van der Waals surface area (Å²) in [5, 5.41) is 4.48. The summed E-state index contributed by atoms with van der Waals surface area (Å²) in [5.74, 6) is -0.0598. The van der Waals surface area contributed by atoms with Gasteiger partial charge < -0.3 is 9.64 Å². The first-order valence-corrected chi connectivity index (χ1v) is 10.1. The third kappa shape index (κ3) is 4.28. The first-order chi connectivity index (χ1) is 13.9. The van der Waals surface area contributed by atoms with E-state index < -0.39 is 0 Å². The van der Waals surface area contributed by atoms with Crippen LogP contribution in [0.3, 0.4) is 0 Å². The highest BCUT2D eigenvalue weighted by Gasteiger charge is 2.39. The average molecular weight is 401 g/mol. The van der Waals surface area contributed by atoms with Crippen molar-refractivity contribution in [3.8, 4) is 5.75 Å². The molecule has 1 saturated heterocycles. The Labute approximate surface area is 170 Å². The van der Waals surface area contributed by atoms with Crippen molar-refractivity contribution in [3.63, 3.8) is 0 Å². The number of hydrazine groups is 1. The second-order valence-corrected chi connectivity index (χ2v) is 7.99. The van der Waals surface area contributed by atoms with Crippen LogP contribution in [0.5, 0.6) is 5.75 Å². The van der Waals surface area contributed by atoms with Crippen LogP contribution in [-0.2, 0) is 18.4 Å². The number of halogens is 1. The molecule has 1 aliphatic carbocycles. The number of aromatic nitrogens is 2. The number of aryl methyl sites for hydroxylation is 2. The monoisotopic (exact) mass is 401 g/mol. The highest BCUT2D eigenvalue weighted by Crippen LogP contribution is 2.31. The van der Waals surface area contributed by atoms with Crippen LogP contribution in [0.1, 0.15) is 36.2 Å². The zero-order valence-electron chi connectivity index (χ0n) is 17.1. The average Bonchev–Trinajstić information content (AvgIpc) is 3.37. The number of rotatable bonds is 7. The fourth-order valence-corrected chi connectivity index (χ4v) is 3.84. The van der Waals surface area contributed by atoms with Crippen molar-refractivity contribution in [1.82, 2.24) is 25.5 Å². The quantitative estimate of drug-likeness (QED) is 0.742. The number of carbonyl (C=O) groups is 1. The Bertz CT molecular complexity index is 895. The SMILES string of the molecule is Cc1nn(C)c(C)c1CN(C(=O)C1CC(COc2ccccc2F)NN1)C1CC1. The van der Waals surface area contributed by atoms with E-state index in [9.17, 15) is 9.18 Å². The maximum Gasteiger partial charge on any atom is 0.241 e. The summed E-state index contributed by atoms with van der Waals surface area (Å²) in [4.78, 5) is 15.2. The molecular formula is C21H28FN5O2. The van der Waals surface area contributed by atoms with E-state index in [-0.39, 0.29) is 29.6 Å². The van der Waals surface area contributed by atoms with Crippen LogP contribution in [0.15, 0.2) is 24.3 Å². The second-order valence-electron chi connectivity index (χ2n) is 7.99. The Balaban J connectivity index is 1.37. The third-order valence-electron chi connectivity index (χ3n) is 5.81. The van der Waals surface area contributed by atoms with E-state index in [2.05, 4.69) is 16.0 Å². The molecule has 2 aromatic rings. The molecule has 2 fully saturated rings. The fourth-order valence-electron chi connectivity index (χ4n) is 3.84. The highest BCUT2D eigenvalue weighted by molar-refractivity contribution is 5.83. The van der Waals surface area contributed by atoms with Crippen LogP contribution in [0.25, 0.3) is 0 Å². The van der Waals surface area contributed by atoms with Crippen LogP contribution in [0.4, 0.5) is 4.39 Å². The number of hydrogen-bond donors (Lipinski definition) is 2. The number of hydrogen-bond acceptors (Lipinski definition) is 5. The number of benzene rings is 1. The summed E-state index contributed by atoms with van der Waals surface area (Å²) in [6.45, 7) is 4.91. The maximum atomic E-state index is 13.7. The van der Waals surface area contributed by atoms with Crippen molar-refractivity contribution >= 4 is 5.91 Å². The summed E-state index contributed by atoms with van der Waals surface area (Å²) in [6.07, 6.45) is 2.69. The topological polar surface area (TPSA) is 71.4 Å². The highest BCUT2D eigenvalue weighted by atomic mass is 19.1. The minimum Gasteiger partial charge on any atom is -0.489 e. The van der Waals surface area contributed by atoms with Crippen molar-refractivity contribution in [2.45, 2.75) is 57.8 Å². The van der Waals surface area contributed by atoms with Gasteiger partial charge in [-0.2, -0.15) is 5.10 Å². The lowest BCUT2D eigenvalue weighted by atomic mass is 10.1. The molecule has 1 saturated carbocycles. The maximum absolute atomic E-state index is 13.7. The van der Waals surface area contributed by atoms with E-state index >= 15 is 0 Å². The molecule has 2 aliphatic rings. The van der Waals surface area contributed by atoms with Crippen LogP contribution in [0.2, 0.25) is 0 Å². The Morgan fingerprint density at radius 3 is 2.72 bits per heavy atom. The van der Waals surface area contributed by atoms with Gasteiger partial charge in [0.05, 0.1) is 11.7 Å². The van der Waals surface area contributed by atoms with E-state index in [1.165, 1.54) is 6.07 Å². The first kappa shape index (κ1) is 19.8. The minimum atomic E-state index is -0.381. The molecule has 8 heteroatoms. The van der Waals surface area contributed by atoms with Gasteiger partial charge in [0, 0.05) is 30.9 Å². The third-order valence-corrected chi connectivity index (χ3v) is 5.81. The summed E-state index contributed by atoms with van der Waals surface area (Å²) in [5.41, 5.74) is 9.41. The Morgan fingerprint density at radius 1 is 1.31 bits per heavy atom. The van der Waals surface area contributed by atoms with Gasteiger partial charge in [0.1, 0.15) is 12.6 Å². The van der Waals surface area contributed by atoms with Gasteiger partial charge >= 0.3 is 0 Å². The predicted molar refractivity (Wildman–Crippen MR) is 107 cm³/mol.